The van der Waals surface area contributed by atoms with Gasteiger partial charge in [0.1, 0.15) is 5.70 Å². The second-order valence-electron chi connectivity index (χ2n) is 8.67. The van der Waals surface area contributed by atoms with Crippen LogP contribution in [0.15, 0.2) is 54.2 Å². The Morgan fingerprint density at radius 1 is 0.971 bits per heavy atom. The SMILES string of the molecule is CC(C)c1ccc(NC2=C(c3ccc([N+](=O)[O-])cc3)C(=O)N(CCN3CCOCC3)C2=O)cc1. The van der Waals surface area contributed by atoms with Gasteiger partial charge in [0.25, 0.3) is 17.5 Å². The Morgan fingerprint density at radius 2 is 1.62 bits per heavy atom. The van der Waals surface area contributed by atoms with Crippen LogP contribution in [0.1, 0.15) is 30.9 Å². The highest BCUT2D eigenvalue weighted by Crippen LogP contribution is 2.31. The van der Waals surface area contributed by atoms with Crippen molar-refractivity contribution < 1.29 is 19.2 Å². The molecule has 9 nitrogen and oxygen atoms in total. The summed E-state index contributed by atoms with van der Waals surface area (Å²) < 4.78 is 5.37. The van der Waals surface area contributed by atoms with E-state index in [1.54, 1.807) is 0 Å². The lowest BCUT2D eigenvalue weighted by Crippen LogP contribution is -2.43. The summed E-state index contributed by atoms with van der Waals surface area (Å²) in [6, 6.07) is 13.4. The van der Waals surface area contributed by atoms with E-state index in [9.17, 15) is 19.7 Å². The number of nitro benzene ring substituents is 1. The number of benzene rings is 2. The molecule has 0 unspecified atom stereocenters. The Bertz CT molecular complexity index is 1100. The topological polar surface area (TPSA) is 105 Å². The smallest absolute Gasteiger partial charge is 0.278 e. The van der Waals surface area contributed by atoms with Gasteiger partial charge >= 0.3 is 0 Å². The number of nitrogens with one attached hydrogen (secondary N) is 1. The first kappa shape index (κ1) is 23.6. The van der Waals surface area contributed by atoms with Crippen LogP contribution in [0.2, 0.25) is 0 Å². The summed E-state index contributed by atoms with van der Waals surface area (Å²) in [6.07, 6.45) is 0. The van der Waals surface area contributed by atoms with E-state index in [2.05, 4.69) is 24.1 Å². The number of amides is 2. The first-order valence-corrected chi connectivity index (χ1v) is 11.4. The van der Waals surface area contributed by atoms with Crippen molar-refractivity contribution in [3.8, 4) is 0 Å². The molecule has 2 aromatic rings. The number of nitrogens with zero attached hydrogens (tertiary/aromatic N) is 3. The number of rotatable bonds is 8. The zero-order chi connectivity index (χ0) is 24.2. The number of ether oxygens (including phenoxy) is 1. The lowest BCUT2D eigenvalue weighted by atomic mass is 10.0. The molecule has 0 radical (unpaired) electrons. The second-order valence-corrected chi connectivity index (χ2v) is 8.67. The van der Waals surface area contributed by atoms with Gasteiger partial charge in [-0.1, -0.05) is 26.0 Å². The summed E-state index contributed by atoms with van der Waals surface area (Å²) in [7, 11) is 0. The number of nitro groups is 1. The molecule has 178 valence electrons. The number of imide groups is 1. The highest BCUT2D eigenvalue weighted by Gasteiger charge is 2.39. The molecule has 0 bridgehead atoms. The van der Waals surface area contributed by atoms with E-state index in [0.717, 1.165) is 18.7 Å². The van der Waals surface area contributed by atoms with Crippen LogP contribution in [-0.4, -0.2) is 65.9 Å². The molecule has 1 N–H and O–H groups in total. The van der Waals surface area contributed by atoms with Gasteiger partial charge in [0.2, 0.25) is 0 Å². The molecule has 4 rings (SSSR count). The first-order chi connectivity index (χ1) is 16.3. The van der Waals surface area contributed by atoms with Crippen LogP contribution in [0.5, 0.6) is 0 Å². The van der Waals surface area contributed by atoms with Crippen molar-refractivity contribution in [3.05, 3.63) is 75.5 Å². The van der Waals surface area contributed by atoms with Gasteiger partial charge in [-0.3, -0.25) is 29.5 Å². The monoisotopic (exact) mass is 464 g/mol. The Balaban J connectivity index is 1.63. The van der Waals surface area contributed by atoms with Crippen LogP contribution < -0.4 is 5.32 Å². The lowest BCUT2D eigenvalue weighted by Gasteiger charge is -2.28. The molecule has 0 saturated carbocycles. The molecule has 0 spiro atoms. The fraction of sp³-hybridized carbons (Fsp3) is 0.360. The summed E-state index contributed by atoms with van der Waals surface area (Å²) in [5, 5.41) is 14.2. The molecule has 2 aromatic carbocycles. The van der Waals surface area contributed by atoms with Gasteiger partial charge in [-0.25, -0.2) is 0 Å². The number of morpholine rings is 1. The minimum atomic E-state index is -0.496. The van der Waals surface area contributed by atoms with Crippen LogP contribution in [0.25, 0.3) is 5.57 Å². The molecule has 2 amide bonds. The molecule has 1 fully saturated rings. The zero-order valence-corrected chi connectivity index (χ0v) is 19.3. The predicted octanol–water partition coefficient (Wildman–Crippen LogP) is 3.24. The van der Waals surface area contributed by atoms with Crippen LogP contribution in [0.3, 0.4) is 0 Å². The fourth-order valence-electron chi connectivity index (χ4n) is 4.07. The highest BCUT2D eigenvalue weighted by atomic mass is 16.6. The zero-order valence-electron chi connectivity index (χ0n) is 19.3. The van der Waals surface area contributed by atoms with Crippen molar-refractivity contribution >= 4 is 28.8 Å². The van der Waals surface area contributed by atoms with Gasteiger partial charge in [0.05, 0.1) is 23.7 Å². The number of non-ortho nitro benzene ring substituents is 1. The maximum Gasteiger partial charge on any atom is 0.278 e. The van der Waals surface area contributed by atoms with Crippen molar-refractivity contribution in [1.82, 2.24) is 9.80 Å². The van der Waals surface area contributed by atoms with E-state index in [1.807, 2.05) is 24.3 Å². The third-order valence-corrected chi connectivity index (χ3v) is 6.13. The minimum Gasteiger partial charge on any atom is -0.379 e. The summed E-state index contributed by atoms with van der Waals surface area (Å²) in [5.41, 5.74) is 2.63. The summed E-state index contributed by atoms with van der Waals surface area (Å²) in [6.45, 7) is 7.79. The standard InChI is InChI=1S/C25H28N4O5/c1-17(2)18-3-7-20(8-4-18)26-23-22(19-5-9-21(10-6-19)29(32)33)24(30)28(25(23)31)12-11-27-13-15-34-16-14-27/h3-10,17,26H,11-16H2,1-2H3. The maximum absolute atomic E-state index is 13.4. The number of anilines is 1. The molecule has 0 atom stereocenters. The quantitative estimate of drug-likeness (QED) is 0.363. The molecule has 34 heavy (non-hydrogen) atoms. The fourth-order valence-corrected chi connectivity index (χ4v) is 4.07. The molecule has 2 aliphatic rings. The minimum absolute atomic E-state index is 0.0796. The first-order valence-electron chi connectivity index (χ1n) is 11.4. The van der Waals surface area contributed by atoms with Crippen molar-refractivity contribution in [2.75, 3.05) is 44.7 Å². The molecule has 0 aliphatic carbocycles. The number of hydrogen-bond acceptors (Lipinski definition) is 7. The van der Waals surface area contributed by atoms with Crippen molar-refractivity contribution in [2.24, 2.45) is 0 Å². The molecule has 9 heteroatoms. The van der Waals surface area contributed by atoms with Crippen molar-refractivity contribution in [1.29, 1.82) is 0 Å². The third-order valence-electron chi connectivity index (χ3n) is 6.13. The van der Waals surface area contributed by atoms with Gasteiger partial charge in [0.15, 0.2) is 0 Å². The molecule has 1 saturated heterocycles. The van der Waals surface area contributed by atoms with E-state index >= 15 is 0 Å². The highest BCUT2D eigenvalue weighted by molar-refractivity contribution is 6.36. The van der Waals surface area contributed by atoms with Crippen LogP contribution in [0, 0.1) is 10.1 Å². The van der Waals surface area contributed by atoms with E-state index in [-0.39, 0.29) is 23.5 Å². The Kier molecular flexibility index (Phi) is 7.04. The summed E-state index contributed by atoms with van der Waals surface area (Å²) in [4.78, 5) is 40.7. The maximum atomic E-state index is 13.4. The molecule has 0 aromatic heterocycles. The van der Waals surface area contributed by atoms with E-state index in [1.165, 1.54) is 29.2 Å². The average Bonchev–Trinajstić information content (AvgIpc) is 3.07. The number of carbonyl (C=O) groups excluding carboxylic acids is 2. The normalized spacial score (nSPS) is 17.1. The molecule has 2 aliphatic heterocycles. The van der Waals surface area contributed by atoms with Crippen molar-refractivity contribution in [2.45, 2.75) is 19.8 Å². The second kappa shape index (κ2) is 10.1. The van der Waals surface area contributed by atoms with E-state index in [4.69, 9.17) is 4.74 Å². The predicted molar refractivity (Wildman–Crippen MR) is 128 cm³/mol. The number of hydrogen-bond donors (Lipinski definition) is 1. The van der Waals surface area contributed by atoms with Gasteiger partial charge in [0, 0.05) is 44.0 Å². The Morgan fingerprint density at radius 3 is 2.21 bits per heavy atom. The Labute approximate surface area is 198 Å². The molecule has 2 heterocycles. The summed E-state index contributed by atoms with van der Waals surface area (Å²) >= 11 is 0. The van der Waals surface area contributed by atoms with Crippen LogP contribution in [-0.2, 0) is 14.3 Å². The number of carbonyl (C=O) groups is 2. The van der Waals surface area contributed by atoms with E-state index in [0.29, 0.717) is 36.9 Å². The molecular weight excluding hydrogens is 436 g/mol. The van der Waals surface area contributed by atoms with Gasteiger partial charge in [-0.05, 0) is 41.3 Å². The largest absolute Gasteiger partial charge is 0.379 e. The van der Waals surface area contributed by atoms with Gasteiger partial charge in [-0.15, -0.1) is 0 Å². The third kappa shape index (κ3) is 5.00. The Hall–Kier alpha value is -3.56. The lowest BCUT2D eigenvalue weighted by molar-refractivity contribution is -0.384. The van der Waals surface area contributed by atoms with Gasteiger partial charge in [-0.2, -0.15) is 0 Å². The van der Waals surface area contributed by atoms with Crippen LogP contribution in [0.4, 0.5) is 11.4 Å². The summed E-state index contributed by atoms with van der Waals surface area (Å²) in [5.74, 6) is -0.442. The average molecular weight is 465 g/mol. The van der Waals surface area contributed by atoms with Crippen LogP contribution >= 0.6 is 0 Å². The van der Waals surface area contributed by atoms with Crippen molar-refractivity contribution in [3.63, 3.8) is 0 Å². The van der Waals surface area contributed by atoms with E-state index < -0.39 is 16.7 Å². The van der Waals surface area contributed by atoms with Gasteiger partial charge < -0.3 is 10.1 Å². The molecular formula is C25H28N4O5.